The van der Waals surface area contributed by atoms with Gasteiger partial charge in [0.1, 0.15) is 5.75 Å². The Kier molecular flexibility index (Phi) is 7.26. The molecule has 162 valence electrons. The fraction of sp³-hybridized carbons (Fsp3) is 0.360. The second-order valence-electron chi connectivity index (χ2n) is 8.05. The molecule has 2 N–H and O–H groups in total. The first kappa shape index (κ1) is 21.4. The third kappa shape index (κ3) is 6.11. The Morgan fingerprint density at radius 1 is 1.03 bits per heavy atom. The van der Waals surface area contributed by atoms with Crippen LogP contribution >= 0.6 is 11.6 Å². The van der Waals surface area contributed by atoms with Gasteiger partial charge in [-0.2, -0.15) is 0 Å². The number of aromatic nitrogens is 1. The molecule has 0 radical (unpaired) electrons. The van der Waals surface area contributed by atoms with E-state index < -0.39 is 0 Å². The number of nitrogens with zero attached hydrogens (tertiary/aromatic N) is 1. The van der Waals surface area contributed by atoms with Crippen LogP contribution in [-0.2, 0) is 4.79 Å². The predicted octanol–water partition coefficient (Wildman–Crippen LogP) is 5.59. The lowest BCUT2D eigenvalue weighted by atomic mass is 9.90. The first-order chi connectivity index (χ1) is 15.2. The Balaban J connectivity index is 1.18. The lowest BCUT2D eigenvalue weighted by Crippen LogP contribution is -2.40. The lowest BCUT2D eigenvalue weighted by Gasteiger charge is -2.30. The summed E-state index contributed by atoms with van der Waals surface area (Å²) in [5, 5.41) is 8.63. The van der Waals surface area contributed by atoms with E-state index in [1.807, 2.05) is 60.8 Å². The molecule has 1 aliphatic rings. The summed E-state index contributed by atoms with van der Waals surface area (Å²) in [5.74, 6) is 0.962. The number of nitrogens with one attached hydrogen (secondary N) is 2. The molecule has 31 heavy (non-hydrogen) atoms. The van der Waals surface area contributed by atoms with Crippen molar-refractivity contribution in [2.75, 3.05) is 11.9 Å². The van der Waals surface area contributed by atoms with E-state index in [0.29, 0.717) is 24.1 Å². The molecule has 2 aromatic carbocycles. The summed E-state index contributed by atoms with van der Waals surface area (Å²) >= 11 is 6.09. The quantitative estimate of drug-likeness (QED) is 0.451. The zero-order valence-corrected chi connectivity index (χ0v) is 18.3. The Morgan fingerprint density at radius 3 is 2.61 bits per heavy atom. The molecule has 3 aromatic rings. The summed E-state index contributed by atoms with van der Waals surface area (Å²) in [4.78, 5) is 16.7. The first-order valence-corrected chi connectivity index (χ1v) is 11.3. The zero-order chi connectivity index (χ0) is 21.5. The molecule has 0 bridgehead atoms. The van der Waals surface area contributed by atoms with Gasteiger partial charge in [-0.3, -0.25) is 9.78 Å². The lowest BCUT2D eigenvalue weighted by molar-refractivity contribution is -0.122. The van der Waals surface area contributed by atoms with Crippen LogP contribution in [0.25, 0.3) is 10.9 Å². The van der Waals surface area contributed by atoms with Gasteiger partial charge in [-0.05, 0) is 68.5 Å². The fourth-order valence-corrected chi connectivity index (χ4v) is 4.25. The molecule has 1 aliphatic carbocycles. The molecular formula is C25H28ClN3O2. The van der Waals surface area contributed by atoms with E-state index in [1.165, 1.54) is 0 Å². The van der Waals surface area contributed by atoms with Crippen LogP contribution in [0.3, 0.4) is 0 Å². The molecule has 0 unspecified atom stereocenters. The van der Waals surface area contributed by atoms with Crippen molar-refractivity contribution in [1.29, 1.82) is 0 Å². The van der Waals surface area contributed by atoms with Gasteiger partial charge in [0.15, 0.2) is 0 Å². The number of amides is 1. The van der Waals surface area contributed by atoms with Crippen molar-refractivity contribution in [1.82, 2.24) is 10.3 Å². The molecule has 1 fully saturated rings. The van der Waals surface area contributed by atoms with Gasteiger partial charge in [0.05, 0.1) is 12.1 Å². The van der Waals surface area contributed by atoms with Crippen LogP contribution in [0.1, 0.15) is 38.5 Å². The van der Waals surface area contributed by atoms with E-state index in [2.05, 4.69) is 15.6 Å². The minimum atomic E-state index is 0.116. The monoisotopic (exact) mass is 437 g/mol. The number of pyridine rings is 1. The van der Waals surface area contributed by atoms with Crippen molar-refractivity contribution < 1.29 is 9.53 Å². The second-order valence-corrected chi connectivity index (χ2v) is 8.48. The minimum absolute atomic E-state index is 0.116. The molecule has 1 heterocycles. The largest absolute Gasteiger partial charge is 0.494 e. The highest BCUT2D eigenvalue weighted by Gasteiger charge is 2.22. The smallest absolute Gasteiger partial charge is 0.220 e. The number of carbonyl (C=O) groups excluding carboxylic acids is 1. The Bertz CT molecular complexity index is 1000. The molecule has 1 aromatic heterocycles. The van der Waals surface area contributed by atoms with Gasteiger partial charge in [-0.25, -0.2) is 0 Å². The Labute approximate surface area is 188 Å². The summed E-state index contributed by atoms with van der Waals surface area (Å²) in [6.07, 6.45) is 7.05. The molecule has 1 amide bonds. The standard InChI is InChI=1S/C25H28ClN3O2/c26-18-8-13-22-23(14-15-27-24(22)17-18)28-19-9-11-20(12-10-19)29-25(30)7-4-16-31-21-5-2-1-3-6-21/h1-3,5-6,8,13-15,17,19-20H,4,7,9-12,16H2,(H,27,28)(H,29,30)/t19-,20+. The fourth-order valence-electron chi connectivity index (χ4n) is 4.09. The van der Waals surface area contributed by atoms with Crippen molar-refractivity contribution >= 4 is 34.1 Å². The van der Waals surface area contributed by atoms with E-state index >= 15 is 0 Å². The number of para-hydroxylation sites is 1. The van der Waals surface area contributed by atoms with Crippen molar-refractivity contribution in [3.63, 3.8) is 0 Å². The molecule has 0 saturated heterocycles. The number of ether oxygens (including phenoxy) is 1. The van der Waals surface area contributed by atoms with E-state index in [9.17, 15) is 4.79 Å². The van der Waals surface area contributed by atoms with Crippen LogP contribution in [0.5, 0.6) is 5.75 Å². The summed E-state index contributed by atoms with van der Waals surface area (Å²) in [6.45, 7) is 0.555. The Hall–Kier alpha value is -2.79. The number of anilines is 1. The summed E-state index contributed by atoms with van der Waals surface area (Å²) in [5.41, 5.74) is 1.99. The van der Waals surface area contributed by atoms with Crippen LogP contribution in [0.15, 0.2) is 60.8 Å². The third-order valence-electron chi connectivity index (χ3n) is 5.72. The SMILES string of the molecule is O=C(CCCOc1ccccc1)N[C@H]1CC[C@@H](Nc2ccnc3cc(Cl)ccc23)CC1. The van der Waals surface area contributed by atoms with Gasteiger partial charge >= 0.3 is 0 Å². The number of hydrogen-bond donors (Lipinski definition) is 2. The highest BCUT2D eigenvalue weighted by Crippen LogP contribution is 2.28. The molecular weight excluding hydrogens is 410 g/mol. The highest BCUT2D eigenvalue weighted by atomic mass is 35.5. The van der Waals surface area contributed by atoms with E-state index in [-0.39, 0.29) is 11.9 Å². The maximum absolute atomic E-state index is 12.3. The van der Waals surface area contributed by atoms with E-state index in [0.717, 1.165) is 54.4 Å². The average molecular weight is 438 g/mol. The molecule has 4 rings (SSSR count). The van der Waals surface area contributed by atoms with Crippen LogP contribution in [0.2, 0.25) is 5.02 Å². The van der Waals surface area contributed by atoms with Gasteiger partial charge in [0, 0.05) is 40.8 Å². The predicted molar refractivity (Wildman–Crippen MR) is 126 cm³/mol. The maximum Gasteiger partial charge on any atom is 0.220 e. The first-order valence-electron chi connectivity index (χ1n) is 11.0. The van der Waals surface area contributed by atoms with Crippen molar-refractivity contribution in [3.05, 3.63) is 65.8 Å². The number of halogens is 1. The number of rotatable bonds is 8. The van der Waals surface area contributed by atoms with Crippen LogP contribution in [-0.4, -0.2) is 29.6 Å². The van der Waals surface area contributed by atoms with Crippen LogP contribution < -0.4 is 15.4 Å². The summed E-state index contributed by atoms with van der Waals surface area (Å²) in [6, 6.07) is 18.2. The molecule has 0 atom stereocenters. The summed E-state index contributed by atoms with van der Waals surface area (Å²) < 4.78 is 5.65. The van der Waals surface area contributed by atoms with Crippen molar-refractivity contribution in [2.24, 2.45) is 0 Å². The van der Waals surface area contributed by atoms with Crippen LogP contribution in [0, 0.1) is 0 Å². The zero-order valence-electron chi connectivity index (χ0n) is 17.5. The number of benzene rings is 2. The molecule has 5 nitrogen and oxygen atoms in total. The van der Waals surface area contributed by atoms with Gasteiger partial charge < -0.3 is 15.4 Å². The number of fused-ring (bicyclic) bond motifs is 1. The normalized spacial score (nSPS) is 18.5. The number of carbonyl (C=O) groups is 1. The molecule has 1 saturated carbocycles. The topological polar surface area (TPSA) is 63.2 Å². The molecule has 0 spiro atoms. The minimum Gasteiger partial charge on any atom is -0.494 e. The highest BCUT2D eigenvalue weighted by molar-refractivity contribution is 6.31. The second kappa shape index (κ2) is 10.5. The van der Waals surface area contributed by atoms with Crippen molar-refractivity contribution in [3.8, 4) is 5.75 Å². The maximum atomic E-state index is 12.3. The van der Waals surface area contributed by atoms with Crippen molar-refractivity contribution in [2.45, 2.75) is 50.6 Å². The number of hydrogen-bond acceptors (Lipinski definition) is 4. The van der Waals surface area contributed by atoms with Gasteiger partial charge in [-0.15, -0.1) is 0 Å². The van der Waals surface area contributed by atoms with Gasteiger partial charge in [0.2, 0.25) is 5.91 Å². The van der Waals surface area contributed by atoms with Gasteiger partial charge in [-0.1, -0.05) is 29.8 Å². The van der Waals surface area contributed by atoms with Gasteiger partial charge in [0.25, 0.3) is 0 Å². The molecule has 6 heteroatoms. The van der Waals surface area contributed by atoms with E-state index in [4.69, 9.17) is 16.3 Å². The molecule has 0 aliphatic heterocycles. The third-order valence-corrected chi connectivity index (χ3v) is 5.95. The Morgan fingerprint density at radius 2 is 1.81 bits per heavy atom. The summed E-state index contributed by atoms with van der Waals surface area (Å²) in [7, 11) is 0. The van der Waals surface area contributed by atoms with E-state index in [1.54, 1.807) is 0 Å². The van der Waals surface area contributed by atoms with Crippen LogP contribution in [0.4, 0.5) is 5.69 Å². The average Bonchev–Trinajstić information content (AvgIpc) is 2.79.